The molecule has 172 valence electrons. The van der Waals surface area contributed by atoms with Gasteiger partial charge in [-0.1, -0.05) is 13.8 Å². The van der Waals surface area contributed by atoms with Gasteiger partial charge in [0.05, 0.1) is 28.4 Å². The summed E-state index contributed by atoms with van der Waals surface area (Å²) in [4.78, 5) is 0. The first-order valence-corrected chi connectivity index (χ1v) is 10.7. The Morgan fingerprint density at radius 1 is 0.750 bits per heavy atom. The molecule has 0 aromatic heterocycles. The summed E-state index contributed by atoms with van der Waals surface area (Å²) in [5, 5.41) is 0. The summed E-state index contributed by atoms with van der Waals surface area (Å²) in [5.41, 5.74) is 3.05. The van der Waals surface area contributed by atoms with Crippen molar-refractivity contribution in [2.24, 2.45) is 5.92 Å². The zero-order valence-corrected chi connectivity index (χ0v) is 19.2. The van der Waals surface area contributed by atoms with Gasteiger partial charge in [-0.3, -0.25) is 0 Å². The first-order valence-electron chi connectivity index (χ1n) is 10.7. The molecule has 8 heteroatoms. The second kappa shape index (κ2) is 7.76. The van der Waals surface area contributed by atoms with Crippen LogP contribution in [-0.2, 0) is 0 Å². The molecule has 2 aliphatic heterocycles. The van der Waals surface area contributed by atoms with Crippen LogP contribution in [0, 0.1) is 5.92 Å². The smallest absolute Gasteiger partial charge is 0.231 e. The Morgan fingerprint density at radius 2 is 1.28 bits per heavy atom. The van der Waals surface area contributed by atoms with E-state index in [1.807, 2.05) is 6.07 Å². The molecule has 2 aromatic carbocycles. The number of hydrogen-bond donors (Lipinski definition) is 0. The van der Waals surface area contributed by atoms with E-state index >= 15 is 0 Å². The van der Waals surface area contributed by atoms with Crippen LogP contribution in [0.15, 0.2) is 6.07 Å². The first kappa shape index (κ1) is 20.7. The predicted octanol–water partition coefficient (Wildman–Crippen LogP) is 4.45. The number of rotatable bonds is 6. The molecule has 0 unspecified atom stereocenters. The van der Waals surface area contributed by atoms with Crippen LogP contribution in [0.4, 0.5) is 0 Å². The van der Waals surface area contributed by atoms with Gasteiger partial charge in [0.1, 0.15) is 0 Å². The third-order valence-electron chi connectivity index (χ3n) is 6.85. The Morgan fingerprint density at radius 3 is 1.81 bits per heavy atom. The molecular formula is C24H28O8. The number of benzene rings is 2. The van der Waals surface area contributed by atoms with Crippen LogP contribution >= 0.6 is 0 Å². The van der Waals surface area contributed by atoms with Crippen molar-refractivity contribution in [3.05, 3.63) is 22.8 Å². The lowest BCUT2D eigenvalue weighted by Gasteiger charge is -2.25. The molecule has 3 atom stereocenters. The van der Waals surface area contributed by atoms with Crippen molar-refractivity contribution in [2.45, 2.75) is 32.1 Å². The van der Waals surface area contributed by atoms with Crippen molar-refractivity contribution in [2.75, 3.05) is 42.0 Å². The molecule has 5 rings (SSSR count). The van der Waals surface area contributed by atoms with Gasteiger partial charge in [0.15, 0.2) is 23.0 Å². The molecule has 0 bridgehead atoms. The van der Waals surface area contributed by atoms with Gasteiger partial charge in [0.2, 0.25) is 36.6 Å². The SMILES string of the molecule is CC[C@@H]1c2c(OC)c3c(c(OC)c2[C@@H](c2cc(OC)c4c(c2OC)OCO4)[C@H]1C)OCO3. The average molecular weight is 444 g/mol. The van der Waals surface area contributed by atoms with Crippen molar-refractivity contribution in [3.63, 3.8) is 0 Å². The standard InChI is InChI=1S/C24H28O8/c1-7-12-11(2)15(13-8-14(25-3)19-22(18(13)26-4)30-9-29-19)17-16(12)20(27-5)23-24(21(17)28-6)32-10-31-23/h8,11-12,15H,7,9-10H2,1-6H3/t11-,12-,15+/m0/s1. The minimum Gasteiger partial charge on any atom is -0.493 e. The van der Waals surface area contributed by atoms with Crippen LogP contribution in [0.2, 0.25) is 0 Å². The van der Waals surface area contributed by atoms with Crippen molar-refractivity contribution in [1.29, 1.82) is 0 Å². The summed E-state index contributed by atoms with van der Waals surface area (Å²) in [7, 11) is 6.58. The minimum absolute atomic E-state index is 0.0772. The normalized spacial score (nSPS) is 22.0. The number of ether oxygens (including phenoxy) is 8. The van der Waals surface area contributed by atoms with E-state index < -0.39 is 0 Å². The summed E-state index contributed by atoms with van der Waals surface area (Å²) < 4.78 is 46.4. The van der Waals surface area contributed by atoms with Gasteiger partial charge >= 0.3 is 0 Å². The van der Waals surface area contributed by atoms with Gasteiger partial charge in [-0.2, -0.15) is 0 Å². The lowest BCUT2D eigenvalue weighted by molar-refractivity contribution is 0.168. The Kier molecular flexibility index (Phi) is 5.03. The molecule has 2 heterocycles. The van der Waals surface area contributed by atoms with Crippen LogP contribution in [0.5, 0.6) is 46.0 Å². The average Bonchev–Trinajstić information content (AvgIpc) is 3.54. The summed E-state index contributed by atoms with van der Waals surface area (Å²) >= 11 is 0. The van der Waals surface area contributed by atoms with Gasteiger partial charge in [0.25, 0.3) is 0 Å². The monoisotopic (exact) mass is 444 g/mol. The number of fused-ring (bicyclic) bond motifs is 3. The zero-order valence-electron chi connectivity index (χ0n) is 19.2. The van der Waals surface area contributed by atoms with Crippen LogP contribution in [0.1, 0.15) is 48.8 Å². The Hall–Kier alpha value is -3.16. The van der Waals surface area contributed by atoms with E-state index in [2.05, 4.69) is 13.8 Å². The van der Waals surface area contributed by atoms with Crippen LogP contribution in [0.3, 0.4) is 0 Å². The molecule has 0 fully saturated rings. The molecule has 0 saturated heterocycles. The van der Waals surface area contributed by atoms with E-state index in [1.165, 1.54) is 0 Å². The largest absolute Gasteiger partial charge is 0.493 e. The van der Waals surface area contributed by atoms with Crippen molar-refractivity contribution >= 4 is 0 Å². The van der Waals surface area contributed by atoms with E-state index in [4.69, 9.17) is 37.9 Å². The second-order valence-corrected chi connectivity index (χ2v) is 8.08. The zero-order chi connectivity index (χ0) is 22.6. The summed E-state index contributed by atoms with van der Waals surface area (Å²) in [6.07, 6.45) is 0.924. The Balaban J connectivity index is 1.83. The molecule has 2 aromatic rings. The minimum atomic E-state index is -0.0772. The van der Waals surface area contributed by atoms with E-state index in [0.29, 0.717) is 46.0 Å². The predicted molar refractivity (Wildman–Crippen MR) is 115 cm³/mol. The fraction of sp³-hybridized carbons (Fsp3) is 0.500. The van der Waals surface area contributed by atoms with Gasteiger partial charge in [-0.25, -0.2) is 0 Å². The third-order valence-corrected chi connectivity index (χ3v) is 6.85. The molecule has 0 spiro atoms. The summed E-state index contributed by atoms with van der Waals surface area (Å²) in [5.74, 6) is 5.25. The highest BCUT2D eigenvalue weighted by Crippen LogP contribution is 2.65. The highest BCUT2D eigenvalue weighted by molar-refractivity contribution is 5.74. The lowest BCUT2D eigenvalue weighted by atomic mass is 9.82. The maximum atomic E-state index is 5.93. The van der Waals surface area contributed by atoms with Gasteiger partial charge in [-0.05, 0) is 24.3 Å². The molecule has 0 saturated carbocycles. The number of hydrogen-bond acceptors (Lipinski definition) is 8. The van der Waals surface area contributed by atoms with Crippen LogP contribution in [0.25, 0.3) is 0 Å². The van der Waals surface area contributed by atoms with E-state index in [9.17, 15) is 0 Å². The third kappa shape index (κ3) is 2.61. The molecule has 0 radical (unpaired) electrons. The summed E-state index contributed by atoms with van der Waals surface area (Å²) in [6.45, 7) is 4.67. The first-order chi connectivity index (χ1) is 15.6. The maximum absolute atomic E-state index is 5.93. The fourth-order valence-corrected chi connectivity index (χ4v) is 5.59. The van der Waals surface area contributed by atoms with Gasteiger partial charge < -0.3 is 37.9 Å². The van der Waals surface area contributed by atoms with Crippen LogP contribution < -0.4 is 37.9 Å². The van der Waals surface area contributed by atoms with Crippen molar-refractivity contribution in [3.8, 4) is 46.0 Å². The van der Waals surface area contributed by atoms with Gasteiger partial charge in [-0.15, -0.1) is 0 Å². The molecule has 8 nitrogen and oxygen atoms in total. The van der Waals surface area contributed by atoms with Crippen molar-refractivity contribution < 1.29 is 37.9 Å². The fourth-order valence-electron chi connectivity index (χ4n) is 5.59. The Labute approximate surface area is 187 Å². The molecule has 0 N–H and O–H groups in total. The highest BCUT2D eigenvalue weighted by Gasteiger charge is 2.48. The van der Waals surface area contributed by atoms with E-state index in [0.717, 1.165) is 23.1 Å². The second-order valence-electron chi connectivity index (χ2n) is 8.08. The molecule has 0 amide bonds. The number of methoxy groups -OCH3 is 4. The molecule has 3 aliphatic rings. The van der Waals surface area contributed by atoms with E-state index in [1.54, 1.807) is 28.4 Å². The molecular weight excluding hydrogens is 416 g/mol. The maximum Gasteiger partial charge on any atom is 0.231 e. The lowest BCUT2D eigenvalue weighted by Crippen LogP contribution is -2.12. The van der Waals surface area contributed by atoms with E-state index in [-0.39, 0.29) is 31.3 Å². The Bertz CT molecular complexity index is 1060. The molecule has 32 heavy (non-hydrogen) atoms. The van der Waals surface area contributed by atoms with Crippen molar-refractivity contribution in [1.82, 2.24) is 0 Å². The highest BCUT2D eigenvalue weighted by atomic mass is 16.7. The molecule has 1 aliphatic carbocycles. The summed E-state index contributed by atoms with van der Waals surface area (Å²) in [6, 6.07) is 1.98. The van der Waals surface area contributed by atoms with Crippen LogP contribution in [-0.4, -0.2) is 42.0 Å². The topological polar surface area (TPSA) is 73.8 Å². The quantitative estimate of drug-likeness (QED) is 0.647. The van der Waals surface area contributed by atoms with Gasteiger partial charge in [0, 0.05) is 22.6 Å².